The lowest BCUT2D eigenvalue weighted by atomic mass is 10.3. The molecule has 1 aliphatic carbocycles. The molecule has 1 N–H and O–H groups in total. The fraction of sp³-hybridized carbons (Fsp3) is 0.625. The van der Waals surface area contributed by atoms with Gasteiger partial charge in [-0.1, -0.05) is 24.4 Å². The Bertz CT molecular complexity index is 257. The molecule has 0 atom stereocenters. The van der Waals surface area contributed by atoms with E-state index in [1.165, 1.54) is 19.3 Å². The molecule has 1 saturated carbocycles. The molecule has 0 aromatic carbocycles. The summed E-state index contributed by atoms with van der Waals surface area (Å²) in [7, 11) is 0. The van der Waals surface area contributed by atoms with Crippen LogP contribution in [0.3, 0.4) is 0 Å². The highest BCUT2D eigenvalue weighted by Crippen LogP contribution is 2.32. The second kappa shape index (κ2) is 3.62. The first kappa shape index (κ1) is 8.32. The highest BCUT2D eigenvalue weighted by atomic mass is 35.5. The predicted octanol–water partition coefficient (Wildman–Crippen LogP) is 3.01. The molecule has 0 saturated heterocycles. The van der Waals surface area contributed by atoms with Crippen LogP contribution in [0.25, 0.3) is 0 Å². The van der Waals surface area contributed by atoms with Crippen LogP contribution in [0, 0.1) is 5.92 Å². The number of anilines is 1. The molecule has 2 nitrogen and oxygen atoms in total. The van der Waals surface area contributed by atoms with Crippen LogP contribution in [0.5, 0.6) is 0 Å². The molecular formula is C8H11ClN2S. The summed E-state index contributed by atoms with van der Waals surface area (Å²) >= 11 is 7.24. The van der Waals surface area contributed by atoms with Crippen LogP contribution in [-0.2, 0) is 0 Å². The fourth-order valence-electron chi connectivity index (χ4n) is 1.13. The van der Waals surface area contributed by atoms with E-state index in [4.69, 9.17) is 11.6 Å². The zero-order valence-corrected chi connectivity index (χ0v) is 8.29. The Morgan fingerprint density at radius 2 is 2.50 bits per heavy atom. The van der Waals surface area contributed by atoms with Crippen molar-refractivity contribution in [1.82, 2.24) is 4.98 Å². The lowest BCUT2D eigenvalue weighted by Crippen LogP contribution is -2.01. The minimum absolute atomic E-state index is 0.592. The summed E-state index contributed by atoms with van der Waals surface area (Å²) in [5, 5.41) is 6.64. The largest absolute Gasteiger partial charge is 0.361 e. The van der Waals surface area contributed by atoms with Gasteiger partial charge in [0, 0.05) is 11.9 Å². The van der Waals surface area contributed by atoms with Crippen molar-refractivity contribution >= 4 is 28.1 Å². The molecule has 66 valence electrons. The zero-order chi connectivity index (χ0) is 8.39. The normalized spacial score (nSPS) is 16.4. The third kappa shape index (κ3) is 2.35. The van der Waals surface area contributed by atoms with Crippen LogP contribution in [0.2, 0.25) is 5.15 Å². The number of halogens is 1. The molecule has 0 aliphatic heterocycles. The summed E-state index contributed by atoms with van der Waals surface area (Å²) in [5.74, 6) is 0.980. The van der Waals surface area contributed by atoms with Crippen molar-refractivity contribution in [2.45, 2.75) is 19.3 Å². The molecule has 1 fully saturated rings. The molecule has 1 aliphatic rings. The first-order valence-electron chi connectivity index (χ1n) is 4.19. The fourth-order valence-corrected chi connectivity index (χ4v) is 1.99. The molecule has 0 amide bonds. The van der Waals surface area contributed by atoms with Crippen molar-refractivity contribution in [3.63, 3.8) is 0 Å². The molecule has 0 bridgehead atoms. The highest BCUT2D eigenvalue weighted by Gasteiger charge is 2.20. The maximum Gasteiger partial charge on any atom is 0.184 e. The van der Waals surface area contributed by atoms with Gasteiger partial charge in [-0.2, -0.15) is 0 Å². The SMILES string of the molecule is Clc1csc(NCCC2CC2)n1. The molecule has 0 spiro atoms. The van der Waals surface area contributed by atoms with E-state index in [1.807, 2.05) is 5.38 Å². The number of rotatable bonds is 4. The van der Waals surface area contributed by atoms with Crippen LogP contribution in [0.4, 0.5) is 5.13 Å². The number of hydrogen-bond donors (Lipinski definition) is 1. The Morgan fingerprint density at radius 1 is 1.67 bits per heavy atom. The van der Waals surface area contributed by atoms with Crippen LogP contribution in [0.1, 0.15) is 19.3 Å². The summed E-state index contributed by atoms with van der Waals surface area (Å²) in [6.45, 7) is 1.04. The van der Waals surface area contributed by atoms with E-state index in [0.717, 1.165) is 17.6 Å². The van der Waals surface area contributed by atoms with Crippen LogP contribution < -0.4 is 5.32 Å². The second-order valence-electron chi connectivity index (χ2n) is 3.13. The van der Waals surface area contributed by atoms with Crippen molar-refractivity contribution in [2.75, 3.05) is 11.9 Å². The van der Waals surface area contributed by atoms with Gasteiger partial charge in [-0.15, -0.1) is 11.3 Å². The van der Waals surface area contributed by atoms with Crippen LogP contribution >= 0.6 is 22.9 Å². The van der Waals surface area contributed by atoms with Crippen LogP contribution in [0.15, 0.2) is 5.38 Å². The van der Waals surface area contributed by atoms with Gasteiger partial charge in [-0.3, -0.25) is 0 Å². The van der Waals surface area contributed by atoms with Gasteiger partial charge in [0.15, 0.2) is 5.13 Å². The summed E-state index contributed by atoms with van der Waals surface area (Å²) in [6.07, 6.45) is 4.11. The Labute approximate surface area is 81.0 Å². The quantitative estimate of drug-likeness (QED) is 0.812. The minimum Gasteiger partial charge on any atom is -0.361 e. The first-order valence-corrected chi connectivity index (χ1v) is 5.45. The molecule has 1 aromatic rings. The molecule has 1 aromatic heterocycles. The third-order valence-electron chi connectivity index (χ3n) is 2.00. The predicted molar refractivity (Wildman–Crippen MR) is 53.0 cm³/mol. The van der Waals surface area contributed by atoms with E-state index < -0.39 is 0 Å². The molecule has 4 heteroatoms. The van der Waals surface area contributed by atoms with Crippen molar-refractivity contribution in [1.29, 1.82) is 0 Å². The maximum atomic E-state index is 5.67. The Balaban J connectivity index is 1.71. The van der Waals surface area contributed by atoms with Gasteiger partial charge in [0.25, 0.3) is 0 Å². The first-order chi connectivity index (χ1) is 5.84. The number of aromatic nitrogens is 1. The Morgan fingerprint density at radius 3 is 3.08 bits per heavy atom. The maximum absolute atomic E-state index is 5.67. The van der Waals surface area contributed by atoms with Gasteiger partial charge in [0.05, 0.1) is 0 Å². The standard InChI is InChI=1S/C8H11ClN2S/c9-7-5-12-8(11-7)10-4-3-6-1-2-6/h5-6H,1-4H2,(H,10,11). The van der Waals surface area contributed by atoms with E-state index in [1.54, 1.807) is 11.3 Å². The van der Waals surface area contributed by atoms with Crippen molar-refractivity contribution in [2.24, 2.45) is 5.92 Å². The zero-order valence-electron chi connectivity index (χ0n) is 6.72. The summed E-state index contributed by atoms with van der Waals surface area (Å²) in [4.78, 5) is 4.10. The monoisotopic (exact) mass is 202 g/mol. The minimum atomic E-state index is 0.592. The van der Waals surface area contributed by atoms with Crippen molar-refractivity contribution in [3.05, 3.63) is 10.5 Å². The second-order valence-corrected chi connectivity index (χ2v) is 4.38. The molecule has 2 rings (SSSR count). The van der Waals surface area contributed by atoms with Gasteiger partial charge in [-0.25, -0.2) is 4.98 Å². The van der Waals surface area contributed by atoms with E-state index in [0.29, 0.717) is 5.15 Å². The Kier molecular flexibility index (Phi) is 2.51. The highest BCUT2D eigenvalue weighted by molar-refractivity contribution is 7.14. The van der Waals surface area contributed by atoms with Crippen molar-refractivity contribution < 1.29 is 0 Å². The van der Waals surface area contributed by atoms with Gasteiger partial charge in [0.1, 0.15) is 5.15 Å². The summed E-state index contributed by atoms with van der Waals surface area (Å²) < 4.78 is 0. The number of nitrogens with zero attached hydrogens (tertiary/aromatic N) is 1. The van der Waals surface area contributed by atoms with E-state index in [-0.39, 0.29) is 0 Å². The Hall–Kier alpha value is -0.280. The van der Waals surface area contributed by atoms with E-state index >= 15 is 0 Å². The smallest absolute Gasteiger partial charge is 0.184 e. The topological polar surface area (TPSA) is 24.9 Å². The molecule has 12 heavy (non-hydrogen) atoms. The lowest BCUT2D eigenvalue weighted by Gasteiger charge is -1.99. The third-order valence-corrected chi connectivity index (χ3v) is 3.12. The van der Waals surface area contributed by atoms with Gasteiger partial charge in [0.2, 0.25) is 0 Å². The summed E-state index contributed by atoms with van der Waals surface area (Å²) in [6, 6.07) is 0. The number of thiazole rings is 1. The number of hydrogen-bond acceptors (Lipinski definition) is 3. The van der Waals surface area contributed by atoms with Gasteiger partial charge >= 0.3 is 0 Å². The molecule has 0 unspecified atom stereocenters. The van der Waals surface area contributed by atoms with Gasteiger partial charge in [-0.05, 0) is 12.3 Å². The van der Waals surface area contributed by atoms with Gasteiger partial charge < -0.3 is 5.32 Å². The number of nitrogens with one attached hydrogen (secondary N) is 1. The molecular weight excluding hydrogens is 192 g/mol. The average molecular weight is 203 g/mol. The van der Waals surface area contributed by atoms with E-state index in [9.17, 15) is 0 Å². The van der Waals surface area contributed by atoms with Crippen LogP contribution in [-0.4, -0.2) is 11.5 Å². The lowest BCUT2D eigenvalue weighted by molar-refractivity contribution is 0.760. The average Bonchev–Trinajstić information content (AvgIpc) is 2.76. The summed E-state index contributed by atoms with van der Waals surface area (Å²) in [5.41, 5.74) is 0. The van der Waals surface area contributed by atoms with Crippen molar-refractivity contribution in [3.8, 4) is 0 Å². The molecule has 1 heterocycles. The van der Waals surface area contributed by atoms with E-state index in [2.05, 4.69) is 10.3 Å². The molecule has 0 radical (unpaired) electrons.